The van der Waals surface area contributed by atoms with Gasteiger partial charge in [-0.05, 0) is 37.3 Å². The van der Waals surface area contributed by atoms with Gasteiger partial charge in [0.1, 0.15) is 6.04 Å². The van der Waals surface area contributed by atoms with Crippen LogP contribution in [0.15, 0.2) is 53.4 Å². The number of thioether (sulfide) groups is 1. The summed E-state index contributed by atoms with van der Waals surface area (Å²) in [6.07, 6.45) is 0. The van der Waals surface area contributed by atoms with E-state index in [1.54, 1.807) is 24.3 Å². The van der Waals surface area contributed by atoms with Crippen molar-refractivity contribution < 1.29 is 18.9 Å². The SMILES string of the molecule is C[C@@H]([NH2+]CC(=O)Nc1ccc(SC(F)F)cc1)c1ccccc1Cl. The van der Waals surface area contributed by atoms with Crippen LogP contribution < -0.4 is 10.6 Å². The topological polar surface area (TPSA) is 45.7 Å². The number of carbonyl (C=O) groups is 1. The molecule has 0 aromatic heterocycles. The molecular formula is C17H18ClF2N2OS+. The molecule has 0 heterocycles. The van der Waals surface area contributed by atoms with Crippen molar-refractivity contribution in [3.63, 3.8) is 0 Å². The monoisotopic (exact) mass is 371 g/mol. The molecule has 7 heteroatoms. The van der Waals surface area contributed by atoms with Crippen molar-refractivity contribution >= 4 is 35.0 Å². The van der Waals surface area contributed by atoms with Gasteiger partial charge in [0.15, 0.2) is 6.54 Å². The molecule has 0 aliphatic carbocycles. The van der Waals surface area contributed by atoms with E-state index in [2.05, 4.69) is 5.32 Å². The van der Waals surface area contributed by atoms with Gasteiger partial charge in [0.25, 0.3) is 11.7 Å². The van der Waals surface area contributed by atoms with Crippen molar-refractivity contribution in [2.45, 2.75) is 23.6 Å². The number of hydrogen-bond acceptors (Lipinski definition) is 2. The molecule has 0 saturated carbocycles. The summed E-state index contributed by atoms with van der Waals surface area (Å²) >= 11 is 6.61. The molecule has 0 radical (unpaired) electrons. The highest BCUT2D eigenvalue weighted by molar-refractivity contribution is 7.99. The Labute approximate surface area is 148 Å². The maximum Gasteiger partial charge on any atom is 0.288 e. The first kappa shape index (κ1) is 18.7. The van der Waals surface area contributed by atoms with Crippen LogP contribution in [0.3, 0.4) is 0 Å². The van der Waals surface area contributed by atoms with Gasteiger partial charge in [-0.15, -0.1) is 0 Å². The van der Waals surface area contributed by atoms with Gasteiger partial charge in [0.05, 0.1) is 0 Å². The van der Waals surface area contributed by atoms with Crippen LogP contribution in [0.1, 0.15) is 18.5 Å². The molecule has 3 nitrogen and oxygen atoms in total. The van der Waals surface area contributed by atoms with E-state index in [4.69, 9.17) is 11.6 Å². The van der Waals surface area contributed by atoms with Gasteiger partial charge in [-0.1, -0.05) is 41.6 Å². The lowest BCUT2D eigenvalue weighted by atomic mass is 10.1. The maximum absolute atomic E-state index is 12.3. The van der Waals surface area contributed by atoms with E-state index >= 15 is 0 Å². The Morgan fingerprint density at radius 2 is 1.88 bits per heavy atom. The van der Waals surface area contributed by atoms with Crippen molar-refractivity contribution in [2.75, 3.05) is 11.9 Å². The summed E-state index contributed by atoms with van der Waals surface area (Å²) in [6.45, 7) is 2.21. The van der Waals surface area contributed by atoms with E-state index in [1.807, 2.05) is 36.5 Å². The average molecular weight is 372 g/mol. The molecule has 0 spiro atoms. The number of rotatable bonds is 7. The minimum Gasteiger partial charge on any atom is -0.332 e. The fourth-order valence-corrected chi connectivity index (χ4v) is 2.99. The molecule has 3 N–H and O–H groups in total. The number of hydrogen-bond donors (Lipinski definition) is 2. The second kappa shape index (κ2) is 9.01. The quantitative estimate of drug-likeness (QED) is 0.725. The standard InChI is InChI=1S/C17H17ClF2N2OS/c1-11(14-4-2-3-5-15(14)18)21-10-16(23)22-12-6-8-13(9-7-12)24-17(19)20/h2-9,11,17,21H,10H2,1H3,(H,22,23)/p+1/t11-/m1/s1. The highest BCUT2D eigenvalue weighted by Gasteiger charge is 2.14. The summed E-state index contributed by atoms with van der Waals surface area (Å²) in [4.78, 5) is 12.5. The molecule has 2 aromatic rings. The van der Waals surface area contributed by atoms with Gasteiger partial charge in [-0.2, -0.15) is 8.78 Å². The Hall–Kier alpha value is -1.63. The summed E-state index contributed by atoms with van der Waals surface area (Å²) < 4.78 is 24.5. The molecule has 0 unspecified atom stereocenters. The molecule has 1 atom stereocenters. The van der Waals surface area contributed by atoms with Crippen LogP contribution in [0.2, 0.25) is 5.02 Å². The van der Waals surface area contributed by atoms with Crippen LogP contribution in [0, 0.1) is 0 Å². The first-order valence-electron chi connectivity index (χ1n) is 7.38. The third-order valence-corrected chi connectivity index (χ3v) is 4.48. The van der Waals surface area contributed by atoms with E-state index in [0.717, 1.165) is 5.56 Å². The van der Waals surface area contributed by atoms with E-state index < -0.39 is 5.76 Å². The van der Waals surface area contributed by atoms with Gasteiger partial charge < -0.3 is 10.6 Å². The molecule has 0 saturated heterocycles. The number of nitrogens with one attached hydrogen (secondary N) is 1. The lowest BCUT2D eigenvalue weighted by Crippen LogP contribution is -2.86. The van der Waals surface area contributed by atoms with E-state index in [0.29, 0.717) is 27.4 Å². The van der Waals surface area contributed by atoms with Crippen molar-refractivity contribution in [1.29, 1.82) is 0 Å². The molecule has 0 aliphatic heterocycles. The molecular weight excluding hydrogens is 354 g/mol. The molecule has 128 valence electrons. The molecule has 2 rings (SSSR count). The average Bonchev–Trinajstić information content (AvgIpc) is 2.54. The van der Waals surface area contributed by atoms with Crippen LogP contribution in [-0.4, -0.2) is 18.2 Å². The zero-order valence-electron chi connectivity index (χ0n) is 13.0. The van der Waals surface area contributed by atoms with Crippen LogP contribution in [0.5, 0.6) is 0 Å². The van der Waals surface area contributed by atoms with Gasteiger partial charge in [-0.25, -0.2) is 0 Å². The number of nitrogens with two attached hydrogens (primary N) is 1. The fourth-order valence-electron chi connectivity index (χ4n) is 2.19. The van der Waals surface area contributed by atoms with Crippen molar-refractivity contribution in [3.05, 3.63) is 59.1 Å². The van der Waals surface area contributed by atoms with Crippen LogP contribution in [0.4, 0.5) is 14.5 Å². The number of carbonyl (C=O) groups excluding carboxylic acids is 1. The number of benzene rings is 2. The summed E-state index contributed by atoms with van der Waals surface area (Å²) in [7, 11) is 0. The smallest absolute Gasteiger partial charge is 0.288 e. The molecule has 0 fully saturated rings. The Bertz CT molecular complexity index is 683. The van der Waals surface area contributed by atoms with Gasteiger partial charge in [0, 0.05) is 21.2 Å². The van der Waals surface area contributed by atoms with Gasteiger partial charge in [-0.3, -0.25) is 4.79 Å². The van der Waals surface area contributed by atoms with Crippen molar-refractivity contribution in [1.82, 2.24) is 0 Å². The predicted octanol–water partition coefficient (Wildman–Crippen LogP) is 3.92. The number of anilines is 1. The Balaban J connectivity index is 1.84. The lowest BCUT2D eigenvalue weighted by molar-refractivity contribution is -0.682. The largest absolute Gasteiger partial charge is 0.332 e. The number of halogens is 3. The highest BCUT2D eigenvalue weighted by Crippen LogP contribution is 2.26. The second-order valence-corrected chi connectivity index (χ2v) is 6.67. The molecule has 1 amide bonds. The number of quaternary nitrogens is 1. The maximum atomic E-state index is 12.3. The first-order chi connectivity index (χ1) is 11.5. The molecule has 24 heavy (non-hydrogen) atoms. The fraction of sp³-hybridized carbons (Fsp3) is 0.235. The first-order valence-corrected chi connectivity index (χ1v) is 8.64. The third-order valence-electron chi connectivity index (χ3n) is 3.42. The van der Waals surface area contributed by atoms with Gasteiger partial charge >= 0.3 is 0 Å². The molecule has 0 bridgehead atoms. The molecule has 0 aliphatic rings. The number of amides is 1. The normalized spacial score (nSPS) is 12.2. The van der Waals surface area contributed by atoms with E-state index in [-0.39, 0.29) is 18.5 Å². The summed E-state index contributed by atoms with van der Waals surface area (Å²) in [5.41, 5.74) is 1.55. The zero-order valence-corrected chi connectivity index (χ0v) is 14.6. The van der Waals surface area contributed by atoms with Crippen molar-refractivity contribution in [2.24, 2.45) is 0 Å². The summed E-state index contributed by atoms with van der Waals surface area (Å²) in [5, 5.41) is 5.31. The minimum absolute atomic E-state index is 0.0502. The van der Waals surface area contributed by atoms with E-state index in [9.17, 15) is 13.6 Å². The minimum atomic E-state index is -2.45. The zero-order chi connectivity index (χ0) is 17.5. The van der Waals surface area contributed by atoms with Crippen LogP contribution in [0.25, 0.3) is 0 Å². The summed E-state index contributed by atoms with van der Waals surface area (Å²) in [5.74, 6) is -2.62. The van der Waals surface area contributed by atoms with Crippen molar-refractivity contribution in [3.8, 4) is 0 Å². The van der Waals surface area contributed by atoms with Crippen LogP contribution >= 0.6 is 23.4 Å². The summed E-state index contributed by atoms with van der Waals surface area (Å²) in [6, 6.07) is 13.9. The highest BCUT2D eigenvalue weighted by atomic mass is 35.5. The Morgan fingerprint density at radius 1 is 1.21 bits per heavy atom. The third kappa shape index (κ3) is 5.78. The lowest BCUT2D eigenvalue weighted by Gasteiger charge is -2.12. The Kier molecular flexibility index (Phi) is 7.02. The molecule has 2 aromatic carbocycles. The second-order valence-electron chi connectivity index (χ2n) is 5.20. The predicted molar refractivity (Wildman–Crippen MR) is 93.6 cm³/mol. The van der Waals surface area contributed by atoms with E-state index in [1.165, 1.54) is 0 Å². The van der Waals surface area contributed by atoms with Crippen LogP contribution in [-0.2, 0) is 4.79 Å². The Morgan fingerprint density at radius 3 is 2.50 bits per heavy atom. The number of alkyl halides is 2. The van der Waals surface area contributed by atoms with Gasteiger partial charge in [0.2, 0.25) is 0 Å².